The molecule has 1 fully saturated rings. The van der Waals surface area contributed by atoms with Crippen LogP contribution in [0.4, 0.5) is 0 Å². The largest absolute Gasteiger partial charge is 0.409 e. The second kappa shape index (κ2) is 7.88. The van der Waals surface area contributed by atoms with Gasteiger partial charge in [-0.15, -0.1) is 0 Å². The summed E-state index contributed by atoms with van der Waals surface area (Å²) in [6.45, 7) is 6.62. The number of oxime groups is 1. The third-order valence-electron chi connectivity index (χ3n) is 3.01. The lowest BCUT2D eigenvalue weighted by atomic mass is 10.1. The number of hydrogen-bond acceptors (Lipinski definition) is 5. The van der Waals surface area contributed by atoms with Crippen molar-refractivity contribution in [1.29, 1.82) is 0 Å². The van der Waals surface area contributed by atoms with Crippen molar-refractivity contribution in [2.75, 3.05) is 39.4 Å². The van der Waals surface area contributed by atoms with E-state index in [1.807, 2.05) is 0 Å². The highest BCUT2D eigenvalue weighted by Gasteiger charge is 2.17. The van der Waals surface area contributed by atoms with Gasteiger partial charge in [-0.2, -0.15) is 0 Å². The number of nitrogens with two attached hydrogens (primary N) is 1. The van der Waals surface area contributed by atoms with Crippen LogP contribution in [0.15, 0.2) is 5.16 Å². The second-order valence-corrected chi connectivity index (χ2v) is 4.35. The van der Waals surface area contributed by atoms with E-state index in [1.54, 1.807) is 6.92 Å². The van der Waals surface area contributed by atoms with Gasteiger partial charge in [0.25, 0.3) is 0 Å². The Labute approximate surface area is 107 Å². The lowest BCUT2D eigenvalue weighted by molar-refractivity contribution is -0.122. The average molecular weight is 258 g/mol. The number of amidine groups is 1. The summed E-state index contributed by atoms with van der Waals surface area (Å²) in [6, 6.07) is 0. The van der Waals surface area contributed by atoms with Crippen LogP contribution >= 0.6 is 0 Å². The van der Waals surface area contributed by atoms with Crippen molar-refractivity contribution in [2.45, 2.75) is 13.3 Å². The molecule has 0 aliphatic carbocycles. The molecule has 0 spiro atoms. The number of ether oxygens (including phenoxy) is 1. The summed E-state index contributed by atoms with van der Waals surface area (Å²) in [6.07, 6.45) is 0.884. The molecule has 18 heavy (non-hydrogen) atoms. The number of rotatable bonds is 6. The van der Waals surface area contributed by atoms with Crippen LogP contribution in [-0.4, -0.2) is 61.2 Å². The number of carbonyl (C=O) groups excluding carboxylic acids is 1. The smallest absolute Gasteiger partial charge is 0.230 e. The van der Waals surface area contributed by atoms with Crippen LogP contribution < -0.4 is 11.1 Å². The van der Waals surface area contributed by atoms with Gasteiger partial charge in [-0.25, -0.2) is 0 Å². The SMILES string of the molecule is CC(C(=O)NCCCN1CCOCC1)/C(N)=N/O. The van der Waals surface area contributed by atoms with Crippen LogP contribution in [0.25, 0.3) is 0 Å². The monoisotopic (exact) mass is 258 g/mol. The van der Waals surface area contributed by atoms with Crippen LogP contribution in [-0.2, 0) is 9.53 Å². The van der Waals surface area contributed by atoms with Gasteiger partial charge in [0, 0.05) is 19.6 Å². The number of hydrogen-bond donors (Lipinski definition) is 3. The van der Waals surface area contributed by atoms with Crippen molar-refractivity contribution in [2.24, 2.45) is 16.8 Å². The molecule has 1 rings (SSSR count). The fourth-order valence-electron chi connectivity index (χ4n) is 1.71. The first-order chi connectivity index (χ1) is 8.65. The van der Waals surface area contributed by atoms with Crippen LogP contribution in [0.2, 0.25) is 0 Å². The van der Waals surface area contributed by atoms with E-state index in [0.29, 0.717) is 6.54 Å². The highest BCUT2D eigenvalue weighted by molar-refractivity contribution is 6.01. The van der Waals surface area contributed by atoms with E-state index in [2.05, 4.69) is 15.4 Å². The molecule has 0 aromatic carbocycles. The minimum absolute atomic E-state index is 0.0688. The lowest BCUT2D eigenvalue weighted by Gasteiger charge is -2.26. The summed E-state index contributed by atoms with van der Waals surface area (Å²) in [5, 5.41) is 14.1. The normalized spacial score (nSPS) is 19.5. The zero-order chi connectivity index (χ0) is 13.4. The van der Waals surface area contributed by atoms with Gasteiger partial charge in [-0.1, -0.05) is 5.16 Å². The van der Waals surface area contributed by atoms with Crippen molar-refractivity contribution in [1.82, 2.24) is 10.2 Å². The van der Waals surface area contributed by atoms with Crippen molar-refractivity contribution in [3.05, 3.63) is 0 Å². The molecule has 1 unspecified atom stereocenters. The summed E-state index contributed by atoms with van der Waals surface area (Å²) < 4.78 is 5.25. The van der Waals surface area contributed by atoms with E-state index in [-0.39, 0.29) is 11.7 Å². The minimum Gasteiger partial charge on any atom is -0.409 e. The quantitative estimate of drug-likeness (QED) is 0.190. The fourth-order valence-corrected chi connectivity index (χ4v) is 1.71. The zero-order valence-corrected chi connectivity index (χ0v) is 10.8. The number of carbonyl (C=O) groups is 1. The first kappa shape index (κ1) is 14.7. The molecule has 1 atom stereocenters. The number of morpholine rings is 1. The molecule has 0 saturated carbocycles. The topological polar surface area (TPSA) is 100 Å². The van der Waals surface area contributed by atoms with E-state index < -0.39 is 5.92 Å². The maximum absolute atomic E-state index is 11.6. The maximum atomic E-state index is 11.6. The Bertz CT molecular complexity index is 290. The average Bonchev–Trinajstić information content (AvgIpc) is 2.42. The van der Waals surface area contributed by atoms with Gasteiger partial charge in [-0.3, -0.25) is 9.69 Å². The Balaban J connectivity index is 2.11. The van der Waals surface area contributed by atoms with E-state index in [1.165, 1.54) is 0 Å². The summed E-state index contributed by atoms with van der Waals surface area (Å²) in [5.74, 6) is -0.883. The molecule has 1 heterocycles. The van der Waals surface area contributed by atoms with Crippen LogP contribution in [0.1, 0.15) is 13.3 Å². The maximum Gasteiger partial charge on any atom is 0.230 e. The number of nitrogens with one attached hydrogen (secondary N) is 1. The Hall–Kier alpha value is -1.34. The molecule has 0 bridgehead atoms. The Morgan fingerprint density at radius 2 is 2.22 bits per heavy atom. The third-order valence-corrected chi connectivity index (χ3v) is 3.01. The van der Waals surface area contributed by atoms with Crippen molar-refractivity contribution < 1.29 is 14.7 Å². The van der Waals surface area contributed by atoms with Crippen LogP contribution in [0.5, 0.6) is 0 Å². The highest BCUT2D eigenvalue weighted by atomic mass is 16.5. The first-order valence-corrected chi connectivity index (χ1v) is 6.20. The van der Waals surface area contributed by atoms with Gasteiger partial charge >= 0.3 is 0 Å². The molecule has 1 amide bonds. The molecule has 7 nitrogen and oxygen atoms in total. The number of amides is 1. The second-order valence-electron chi connectivity index (χ2n) is 4.35. The molecule has 0 aromatic heterocycles. The summed E-state index contributed by atoms with van der Waals surface area (Å²) in [4.78, 5) is 13.9. The predicted molar refractivity (Wildman–Crippen MR) is 67.5 cm³/mol. The Morgan fingerprint density at radius 1 is 1.56 bits per heavy atom. The highest BCUT2D eigenvalue weighted by Crippen LogP contribution is 1.98. The molecular weight excluding hydrogens is 236 g/mol. The van der Waals surface area contributed by atoms with Gasteiger partial charge in [0.15, 0.2) is 5.84 Å². The van der Waals surface area contributed by atoms with E-state index >= 15 is 0 Å². The Kier molecular flexibility index (Phi) is 6.45. The molecule has 1 aliphatic rings. The standard InChI is InChI=1S/C11H22N4O3/c1-9(10(12)14-17)11(16)13-3-2-4-15-5-7-18-8-6-15/h9,17H,2-8H2,1H3,(H2,12,14)(H,13,16). The fraction of sp³-hybridized carbons (Fsp3) is 0.818. The van der Waals surface area contributed by atoms with Crippen molar-refractivity contribution in [3.8, 4) is 0 Å². The minimum atomic E-state index is -0.599. The lowest BCUT2D eigenvalue weighted by Crippen LogP contribution is -2.40. The van der Waals surface area contributed by atoms with Crippen LogP contribution in [0.3, 0.4) is 0 Å². The van der Waals surface area contributed by atoms with Gasteiger partial charge in [0.05, 0.1) is 19.1 Å². The van der Waals surface area contributed by atoms with E-state index in [9.17, 15) is 4.79 Å². The number of nitrogens with zero attached hydrogens (tertiary/aromatic N) is 2. The molecule has 7 heteroatoms. The predicted octanol–water partition coefficient (Wildman–Crippen LogP) is -0.793. The van der Waals surface area contributed by atoms with Crippen molar-refractivity contribution in [3.63, 3.8) is 0 Å². The van der Waals surface area contributed by atoms with Gasteiger partial charge in [0.2, 0.25) is 5.91 Å². The summed E-state index contributed by atoms with van der Waals surface area (Å²) in [7, 11) is 0. The summed E-state index contributed by atoms with van der Waals surface area (Å²) in [5.41, 5.74) is 5.36. The Morgan fingerprint density at radius 3 is 2.83 bits per heavy atom. The molecule has 0 aromatic rings. The molecule has 104 valence electrons. The molecule has 1 aliphatic heterocycles. The molecule has 1 saturated heterocycles. The first-order valence-electron chi connectivity index (χ1n) is 6.20. The van der Waals surface area contributed by atoms with Gasteiger partial charge in [0.1, 0.15) is 0 Å². The van der Waals surface area contributed by atoms with E-state index in [0.717, 1.165) is 39.3 Å². The van der Waals surface area contributed by atoms with Crippen LogP contribution in [0, 0.1) is 5.92 Å². The van der Waals surface area contributed by atoms with E-state index in [4.69, 9.17) is 15.7 Å². The molecule has 4 N–H and O–H groups in total. The van der Waals surface area contributed by atoms with Gasteiger partial charge in [-0.05, 0) is 19.9 Å². The third kappa shape index (κ3) is 4.89. The van der Waals surface area contributed by atoms with Crippen molar-refractivity contribution >= 4 is 11.7 Å². The molecular formula is C11H22N4O3. The zero-order valence-electron chi connectivity index (χ0n) is 10.8. The summed E-state index contributed by atoms with van der Waals surface area (Å²) >= 11 is 0. The molecule has 0 radical (unpaired) electrons. The van der Waals surface area contributed by atoms with Gasteiger partial charge < -0.3 is 21.0 Å².